The summed E-state index contributed by atoms with van der Waals surface area (Å²) in [5, 5.41) is 8.69. The molecule has 1 N–H and O–H groups in total. The molecule has 1 amide bonds. The van der Waals surface area contributed by atoms with Gasteiger partial charge in [0.25, 0.3) is 0 Å². The van der Waals surface area contributed by atoms with Crippen LogP contribution in [0.25, 0.3) is 0 Å². The van der Waals surface area contributed by atoms with Crippen molar-refractivity contribution in [3.05, 3.63) is 58.7 Å². The van der Waals surface area contributed by atoms with Crippen LogP contribution in [0.2, 0.25) is 0 Å². The van der Waals surface area contributed by atoms with Crippen molar-refractivity contribution in [2.24, 2.45) is 0 Å². The second kappa shape index (κ2) is 8.07. The molecule has 0 atom stereocenters. The van der Waals surface area contributed by atoms with Gasteiger partial charge in [-0.1, -0.05) is 47.3 Å². The minimum Gasteiger partial charge on any atom is -0.352 e. The molecule has 3 aromatic rings. The number of thiazole rings is 1. The zero-order valence-electron chi connectivity index (χ0n) is 13.1. The zero-order valence-corrected chi connectivity index (χ0v) is 14.7. The Hall–Kier alpha value is -2.19. The number of nitrogens with one attached hydrogen (secondary N) is 1. The Morgan fingerprint density at radius 3 is 2.88 bits per heavy atom. The molecule has 8 heteroatoms. The smallest absolute Gasteiger partial charge is 0.237 e. The Balaban J connectivity index is 1.45. The Labute approximate surface area is 147 Å². The van der Waals surface area contributed by atoms with Crippen molar-refractivity contribution in [3.63, 3.8) is 0 Å². The van der Waals surface area contributed by atoms with Crippen molar-refractivity contribution in [1.82, 2.24) is 20.4 Å². The van der Waals surface area contributed by atoms with Crippen LogP contribution < -0.4 is 5.32 Å². The maximum atomic E-state index is 11.9. The molecule has 0 radical (unpaired) electrons. The quantitative estimate of drug-likeness (QED) is 0.653. The van der Waals surface area contributed by atoms with Gasteiger partial charge in [0.1, 0.15) is 0 Å². The van der Waals surface area contributed by atoms with Gasteiger partial charge >= 0.3 is 0 Å². The molecule has 24 heavy (non-hydrogen) atoms. The topological polar surface area (TPSA) is 80.9 Å². The summed E-state index contributed by atoms with van der Waals surface area (Å²) in [6.07, 6.45) is 0.108. The van der Waals surface area contributed by atoms with Crippen LogP contribution in [0.15, 0.2) is 44.6 Å². The van der Waals surface area contributed by atoms with Gasteiger partial charge in [0, 0.05) is 17.6 Å². The molecule has 0 fully saturated rings. The minimum absolute atomic E-state index is 0.108. The van der Waals surface area contributed by atoms with Gasteiger partial charge in [0.05, 0.1) is 12.2 Å². The zero-order chi connectivity index (χ0) is 16.8. The number of hydrogen-bond acceptors (Lipinski definition) is 7. The molecular formula is C16H16N4O2S2. The van der Waals surface area contributed by atoms with Crippen molar-refractivity contribution in [1.29, 1.82) is 0 Å². The van der Waals surface area contributed by atoms with E-state index in [2.05, 4.69) is 20.4 Å². The molecule has 0 aliphatic rings. The molecule has 6 nitrogen and oxygen atoms in total. The van der Waals surface area contributed by atoms with E-state index < -0.39 is 0 Å². The number of carbonyl (C=O) groups is 1. The summed E-state index contributed by atoms with van der Waals surface area (Å²) < 4.78 is 6.14. The first-order valence-corrected chi connectivity index (χ1v) is 9.22. The highest BCUT2D eigenvalue weighted by atomic mass is 32.2. The molecule has 2 heterocycles. The third-order valence-electron chi connectivity index (χ3n) is 3.08. The molecular weight excluding hydrogens is 344 g/mol. The first-order chi connectivity index (χ1) is 11.7. The predicted molar refractivity (Wildman–Crippen MR) is 92.7 cm³/mol. The summed E-state index contributed by atoms with van der Waals surface area (Å²) in [5.41, 5.74) is 2.05. The van der Waals surface area contributed by atoms with Gasteiger partial charge in [-0.25, -0.2) is 4.98 Å². The number of aryl methyl sites for hydroxylation is 1. The highest BCUT2D eigenvalue weighted by Gasteiger charge is 2.12. The van der Waals surface area contributed by atoms with E-state index in [1.54, 1.807) is 23.1 Å². The van der Waals surface area contributed by atoms with Crippen molar-refractivity contribution >= 4 is 29.0 Å². The van der Waals surface area contributed by atoms with E-state index in [1.165, 1.54) is 0 Å². The minimum atomic E-state index is -0.130. The second-order valence-electron chi connectivity index (χ2n) is 5.09. The maximum Gasteiger partial charge on any atom is 0.237 e. The monoisotopic (exact) mass is 360 g/mol. The van der Waals surface area contributed by atoms with Gasteiger partial charge < -0.3 is 9.84 Å². The molecule has 0 spiro atoms. The Morgan fingerprint density at radius 1 is 1.29 bits per heavy atom. The van der Waals surface area contributed by atoms with Gasteiger partial charge in [0.2, 0.25) is 11.8 Å². The lowest BCUT2D eigenvalue weighted by Gasteiger charge is -2.03. The van der Waals surface area contributed by atoms with Crippen LogP contribution in [-0.2, 0) is 23.5 Å². The van der Waals surface area contributed by atoms with E-state index in [9.17, 15) is 4.79 Å². The Bertz CT molecular complexity index is 801. The van der Waals surface area contributed by atoms with Crippen LogP contribution in [0, 0.1) is 6.92 Å². The molecule has 0 saturated carbocycles. The Kier molecular flexibility index (Phi) is 5.60. The van der Waals surface area contributed by atoms with Crippen LogP contribution in [-0.4, -0.2) is 21.0 Å². The van der Waals surface area contributed by atoms with E-state index in [1.807, 2.05) is 42.6 Å². The number of thioether (sulfide) groups is 1. The van der Waals surface area contributed by atoms with E-state index in [0.29, 0.717) is 24.0 Å². The van der Waals surface area contributed by atoms with Crippen molar-refractivity contribution in [3.8, 4) is 0 Å². The van der Waals surface area contributed by atoms with E-state index in [4.69, 9.17) is 4.52 Å². The predicted octanol–water partition coefficient (Wildman–Crippen LogP) is 2.99. The number of benzene rings is 1. The molecule has 124 valence electrons. The average molecular weight is 360 g/mol. The highest BCUT2D eigenvalue weighted by Crippen LogP contribution is 2.25. The molecule has 2 aromatic heterocycles. The fourth-order valence-corrected chi connectivity index (χ4v) is 3.63. The molecule has 0 bridgehead atoms. The first kappa shape index (κ1) is 16.7. The number of amides is 1. The third kappa shape index (κ3) is 4.90. The number of rotatable bonds is 7. The fraction of sp³-hybridized carbons (Fsp3) is 0.250. The van der Waals surface area contributed by atoms with Crippen molar-refractivity contribution in [2.45, 2.75) is 30.0 Å². The summed E-state index contributed by atoms with van der Waals surface area (Å²) in [5.74, 6) is 1.31. The van der Waals surface area contributed by atoms with E-state index in [0.717, 1.165) is 15.6 Å². The van der Waals surface area contributed by atoms with Gasteiger partial charge in [-0.3, -0.25) is 4.79 Å². The fourth-order valence-electron chi connectivity index (χ4n) is 1.95. The second-order valence-corrected chi connectivity index (χ2v) is 7.17. The number of hydrogen-bond donors (Lipinski definition) is 1. The number of aromatic nitrogens is 3. The average Bonchev–Trinajstić information content (AvgIpc) is 3.21. The third-order valence-corrected chi connectivity index (χ3v) is 5.20. The molecule has 0 aliphatic carbocycles. The number of carbonyl (C=O) groups excluding carboxylic acids is 1. The standard InChI is InChI=1S/C16H16N4O2S2/c1-11-9-23-16(18-11)24-10-15-19-13(20-22-15)7-14(21)17-8-12-5-3-2-4-6-12/h2-6,9H,7-8,10H2,1H3,(H,17,21). The van der Waals surface area contributed by atoms with E-state index >= 15 is 0 Å². The lowest BCUT2D eigenvalue weighted by molar-refractivity contribution is -0.120. The summed E-state index contributed by atoms with van der Waals surface area (Å²) in [7, 11) is 0. The van der Waals surface area contributed by atoms with E-state index in [-0.39, 0.29) is 12.3 Å². The van der Waals surface area contributed by atoms with Crippen molar-refractivity contribution in [2.75, 3.05) is 0 Å². The molecule has 0 unspecified atom stereocenters. The largest absolute Gasteiger partial charge is 0.352 e. The maximum absolute atomic E-state index is 11.9. The summed E-state index contributed by atoms with van der Waals surface area (Å²) in [6.45, 7) is 2.45. The van der Waals surface area contributed by atoms with Crippen LogP contribution in [0.1, 0.15) is 23.0 Å². The summed E-state index contributed by atoms with van der Waals surface area (Å²) in [6, 6.07) is 9.74. The van der Waals surface area contributed by atoms with Gasteiger partial charge in [-0.2, -0.15) is 4.98 Å². The number of nitrogens with zero attached hydrogens (tertiary/aromatic N) is 3. The SMILES string of the molecule is Cc1csc(SCc2nc(CC(=O)NCc3ccccc3)no2)n1. The normalized spacial score (nSPS) is 10.7. The van der Waals surface area contributed by atoms with Crippen LogP contribution in [0.3, 0.4) is 0 Å². The molecule has 1 aromatic carbocycles. The van der Waals surface area contributed by atoms with Crippen LogP contribution in [0.5, 0.6) is 0 Å². The molecule has 0 saturated heterocycles. The molecule has 0 aliphatic heterocycles. The van der Waals surface area contributed by atoms with Gasteiger partial charge in [-0.05, 0) is 12.5 Å². The highest BCUT2D eigenvalue weighted by molar-refractivity contribution is 8.00. The lowest BCUT2D eigenvalue weighted by Crippen LogP contribution is -2.24. The van der Waals surface area contributed by atoms with Crippen LogP contribution in [0.4, 0.5) is 0 Å². The Morgan fingerprint density at radius 2 is 2.12 bits per heavy atom. The lowest BCUT2D eigenvalue weighted by atomic mass is 10.2. The van der Waals surface area contributed by atoms with Gasteiger partial charge in [-0.15, -0.1) is 11.3 Å². The van der Waals surface area contributed by atoms with Crippen LogP contribution >= 0.6 is 23.1 Å². The molecule has 3 rings (SSSR count). The van der Waals surface area contributed by atoms with Crippen molar-refractivity contribution < 1.29 is 9.32 Å². The summed E-state index contributed by atoms with van der Waals surface area (Å²) >= 11 is 3.13. The summed E-state index contributed by atoms with van der Waals surface area (Å²) in [4.78, 5) is 20.5. The van der Waals surface area contributed by atoms with Gasteiger partial charge in [0.15, 0.2) is 10.2 Å². The first-order valence-electron chi connectivity index (χ1n) is 7.36.